The van der Waals surface area contributed by atoms with E-state index in [0.717, 1.165) is 12.8 Å². The number of rotatable bonds is 5. The smallest absolute Gasteiger partial charge is 0.338 e. The maximum absolute atomic E-state index is 12.3. The van der Waals surface area contributed by atoms with Gasteiger partial charge in [-0.3, -0.25) is 4.79 Å². The second kappa shape index (κ2) is 5.96. The Morgan fingerprint density at radius 2 is 1.83 bits per heavy atom. The zero-order chi connectivity index (χ0) is 16.5. The van der Waals surface area contributed by atoms with Crippen LogP contribution in [0.15, 0.2) is 30.3 Å². The molecule has 2 fully saturated rings. The largest absolute Gasteiger partial charge is 0.462 e. The molecule has 1 aromatic rings. The van der Waals surface area contributed by atoms with Crippen LogP contribution in [0.5, 0.6) is 0 Å². The van der Waals surface area contributed by atoms with Crippen LogP contribution in [0, 0.1) is 5.41 Å². The van der Waals surface area contributed by atoms with E-state index >= 15 is 0 Å². The summed E-state index contributed by atoms with van der Waals surface area (Å²) in [5, 5.41) is 0. The standard InChI is InChI=1S/C18H22O5/c1-17(8-9-18(2)14(12-17)23-18)16(20)22-11-10-21-15(19)13-6-4-3-5-7-13/h3-7,14H,8-12H2,1-2H3/t14-,17-,18-/m1/s1. The van der Waals surface area contributed by atoms with Crippen molar-refractivity contribution in [3.63, 3.8) is 0 Å². The number of carbonyl (C=O) groups excluding carboxylic acids is 2. The summed E-state index contributed by atoms with van der Waals surface area (Å²) in [5.41, 5.74) is -0.0296. The van der Waals surface area contributed by atoms with Gasteiger partial charge in [0, 0.05) is 0 Å². The Labute approximate surface area is 135 Å². The lowest BCUT2D eigenvalue weighted by Crippen LogP contribution is -2.37. The van der Waals surface area contributed by atoms with E-state index in [1.54, 1.807) is 24.3 Å². The fourth-order valence-corrected chi connectivity index (χ4v) is 3.09. The number of esters is 2. The molecule has 5 nitrogen and oxygen atoms in total. The Morgan fingerprint density at radius 1 is 1.13 bits per heavy atom. The number of epoxide rings is 1. The molecule has 3 rings (SSSR count). The third-order valence-corrected chi connectivity index (χ3v) is 4.90. The molecule has 23 heavy (non-hydrogen) atoms. The molecular weight excluding hydrogens is 296 g/mol. The molecular formula is C18H22O5. The van der Waals surface area contributed by atoms with Crippen LogP contribution in [-0.2, 0) is 19.0 Å². The maximum Gasteiger partial charge on any atom is 0.338 e. The van der Waals surface area contributed by atoms with Crippen LogP contribution in [-0.4, -0.2) is 36.9 Å². The minimum atomic E-state index is -0.496. The first-order valence-electron chi connectivity index (χ1n) is 8.00. The second-order valence-corrected chi connectivity index (χ2v) is 6.82. The topological polar surface area (TPSA) is 65.1 Å². The SMILES string of the molecule is C[C@@]1(C(=O)OCCOC(=O)c2ccccc2)CC[C@@]2(C)O[C@@H]2C1. The molecule has 1 aliphatic heterocycles. The minimum Gasteiger partial charge on any atom is -0.462 e. The van der Waals surface area contributed by atoms with Crippen LogP contribution < -0.4 is 0 Å². The molecule has 0 spiro atoms. The quantitative estimate of drug-likeness (QED) is 0.474. The summed E-state index contributed by atoms with van der Waals surface area (Å²) in [6.07, 6.45) is 2.52. The lowest BCUT2D eigenvalue weighted by molar-refractivity contribution is -0.157. The molecule has 1 aliphatic carbocycles. The lowest BCUT2D eigenvalue weighted by atomic mass is 9.72. The van der Waals surface area contributed by atoms with E-state index in [4.69, 9.17) is 14.2 Å². The van der Waals surface area contributed by atoms with Gasteiger partial charge in [0.05, 0.1) is 22.7 Å². The van der Waals surface area contributed by atoms with Crippen molar-refractivity contribution < 1.29 is 23.8 Å². The van der Waals surface area contributed by atoms with Gasteiger partial charge >= 0.3 is 11.9 Å². The molecule has 1 heterocycles. The summed E-state index contributed by atoms with van der Waals surface area (Å²) in [5.74, 6) is -0.640. The van der Waals surface area contributed by atoms with Gasteiger partial charge in [0.25, 0.3) is 0 Å². The van der Waals surface area contributed by atoms with Crippen molar-refractivity contribution in [3.05, 3.63) is 35.9 Å². The summed E-state index contributed by atoms with van der Waals surface area (Å²) in [4.78, 5) is 24.0. The Balaban J connectivity index is 1.40. The van der Waals surface area contributed by atoms with Gasteiger partial charge in [-0.25, -0.2) is 4.79 Å². The first-order valence-corrected chi connectivity index (χ1v) is 8.00. The van der Waals surface area contributed by atoms with Crippen LogP contribution >= 0.6 is 0 Å². The molecule has 2 aliphatic rings. The molecule has 0 N–H and O–H groups in total. The van der Waals surface area contributed by atoms with E-state index in [-0.39, 0.29) is 30.9 Å². The molecule has 124 valence electrons. The summed E-state index contributed by atoms with van der Waals surface area (Å²) in [6.45, 7) is 4.15. The molecule has 5 heteroatoms. The van der Waals surface area contributed by atoms with Crippen LogP contribution in [0.3, 0.4) is 0 Å². The second-order valence-electron chi connectivity index (χ2n) is 6.82. The van der Waals surface area contributed by atoms with Crippen molar-refractivity contribution in [3.8, 4) is 0 Å². The molecule has 1 saturated carbocycles. The highest BCUT2D eigenvalue weighted by atomic mass is 16.6. The van der Waals surface area contributed by atoms with Gasteiger partial charge in [-0.05, 0) is 45.2 Å². The predicted molar refractivity (Wildman–Crippen MR) is 82.9 cm³/mol. The van der Waals surface area contributed by atoms with Crippen molar-refractivity contribution in [1.29, 1.82) is 0 Å². The Morgan fingerprint density at radius 3 is 2.52 bits per heavy atom. The van der Waals surface area contributed by atoms with Gasteiger partial charge in [-0.1, -0.05) is 18.2 Å². The molecule has 3 atom stereocenters. The van der Waals surface area contributed by atoms with Crippen LogP contribution in [0.25, 0.3) is 0 Å². The summed E-state index contributed by atoms with van der Waals surface area (Å²) >= 11 is 0. The van der Waals surface area contributed by atoms with E-state index in [1.165, 1.54) is 0 Å². The van der Waals surface area contributed by atoms with Gasteiger partial charge in [0.15, 0.2) is 0 Å². The Bertz CT molecular complexity index is 599. The highest BCUT2D eigenvalue weighted by Crippen LogP contribution is 2.53. The highest BCUT2D eigenvalue weighted by molar-refractivity contribution is 5.89. The van der Waals surface area contributed by atoms with Gasteiger partial charge < -0.3 is 14.2 Å². The van der Waals surface area contributed by atoms with E-state index in [1.807, 2.05) is 13.0 Å². The molecule has 0 radical (unpaired) electrons. The van der Waals surface area contributed by atoms with Crippen molar-refractivity contribution in [2.45, 2.75) is 44.8 Å². The highest BCUT2D eigenvalue weighted by Gasteiger charge is 2.60. The average Bonchev–Trinajstić information content (AvgIpc) is 3.22. The fraction of sp³-hybridized carbons (Fsp3) is 0.556. The van der Waals surface area contributed by atoms with Crippen molar-refractivity contribution in [2.75, 3.05) is 13.2 Å². The monoisotopic (exact) mass is 318 g/mol. The third-order valence-electron chi connectivity index (χ3n) is 4.90. The van der Waals surface area contributed by atoms with Crippen molar-refractivity contribution in [1.82, 2.24) is 0 Å². The fourth-order valence-electron chi connectivity index (χ4n) is 3.09. The number of hydrogen-bond donors (Lipinski definition) is 0. The number of ether oxygens (including phenoxy) is 3. The van der Waals surface area contributed by atoms with Crippen molar-refractivity contribution in [2.24, 2.45) is 5.41 Å². The average molecular weight is 318 g/mol. The molecule has 0 aromatic heterocycles. The number of fused-ring (bicyclic) bond motifs is 1. The minimum absolute atomic E-state index is 0.0228. The number of hydrogen-bond acceptors (Lipinski definition) is 5. The first-order chi connectivity index (χ1) is 10.9. The molecule has 1 saturated heterocycles. The normalized spacial score (nSPS) is 31.8. The third kappa shape index (κ3) is 3.39. The van der Waals surface area contributed by atoms with Gasteiger partial charge in [-0.15, -0.1) is 0 Å². The molecule has 0 bridgehead atoms. The molecule has 0 unspecified atom stereocenters. The Hall–Kier alpha value is -1.88. The zero-order valence-electron chi connectivity index (χ0n) is 13.5. The van der Waals surface area contributed by atoms with Gasteiger partial charge in [-0.2, -0.15) is 0 Å². The van der Waals surface area contributed by atoms with E-state index in [2.05, 4.69) is 6.92 Å². The van der Waals surface area contributed by atoms with Crippen LogP contribution in [0.4, 0.5) is 0 Å². The number of carbonyl (C=O) groups is 2. The van der Waals surface area contributed by atoms with E-state index in [9.17, 15) is 9.59 Å². The van der Waals surface area contributed by atoms with Gasteiger partial charge in [0.2, 0.25) is 0 Å². The summed E-state index contributed by atoms with van der Waals surface area (Å²) in [7, 11) is 0. The zero-order valence-corrected chi connectivity index (χ0v) is 13.5. The maximum atomic E-state index is 12.3. The Kier molecular flexibility index (Phi) is 4.15. The molecule has 1 aromatic carbocycles. The van der Waals surface area contributed by atoms with E-state index in [0.29, 0.717) is 12.0 Å². The summed E-state index contributed by atoms with van der Waals surface area (Å²) < 4.78 is 16.0. The van der Waals surface area contributed by atoms with E-state index < -0.39 is 11.4 Å². The predicted octanol–water partition coefficient (Wildman–Crippen LogP) is 2.73. The summed E-state index contributed by atoms with van der Waals surface area (Å²) in [6, 6.07) is 8.74. The van der Waals surface area contributed by atoms with Crippen molar-refractivity contribution >= 4 is 11.9 Å². The van der Waals surface area contributed by atoms with Crippen LogP contribution in [0.1, 0.15) is 43.5 Å². The molecule has 0 amide bonds. The first kappa shape index (κ1) is 16.0. The van der Waals surface area contributed by atoms with Crippen LogP contribution in [0.2, 0.25) is 0 Å². The lowest BCUT2D eigenvalue weighted by Gasteiger charge is -2.31. The van der Waals surface area contributed by atoms with Gasteiger partial charge in [0.1, 0.15) is 13.2 Å². The number of benzene rings is 1.